The molecule has 0 bridgehead atoms. The highest BCUT2D eigenvalue weighted by molar-refractivity contribution is 7.23. The number of amides is 1. The molecule has 32 heavy (non-hydrogen) atoms. The average Bonchev–Trinajstić information content (AvgIpc) is 2.70. The smallest absolute Gasteiger partial charge is 0.255 e. The number of carbonyl (C=O) groups is 3. The lowest BCUT2D eigenvalue weighted by atomic mass is 9.56. The topological polar surface area (TPSA) is 161 Å². The highest BCUT2D eigenvalue weighted by Gasteiger charge is 2.65. The lowest BCUT2D eigenvalue weighted by Crippen LogP contribution is -2.67. The third-order valence-corrected chi connectivity index (χ3v) is 7.83. The van der Waals surface area contributed by atoms with Gasteiger partial charge in [-0.05, 0) is 37.0 Å². The minimum atomic E-state index is -2.42. The van der Waals surface area contributed by atoms with E-state index in [1.807, 2.05) is 0 Å². The van der Waals surface area contributed by atoms with Crippen molar-refractivity contribution in [1.29, 1.82) is 0 Å². The first-order valence-electron chi connectivity index (χ1n) is 10.1. The molecule has 7 atom stereocenters. The van der Waals surface area contributed by atoms with Crippen LogP contribution >= 0.6 is 9.24 Å². The second-order valence-corrected chi connectivity index (χ2v) is 9.43. The summed E-state index contributed by atoms with van der Waals surface area (Å²) in [5.41, 5.74) is 2.75. The number of carbonyl (C=O) groups excluding carboxylic acids is 3. The molecule has 0 spiro atoms. The third kappa shape index (κ3) is 2.62. The Labute approximate surface area is 186 Å². The molecule has 1 amide bonds. The van der Waals surface area contributed by atoms with Crippen LogP contribution in [0.4, 0.5) is 0 Å². The van der Waals surface area contributed by atoms with Crippen LogP contribution in [0.3, 0.4) is 0 Å². The van der Waals surface area contributed by atoms with Gasteiger partial charge in [-0.25, -0.2) is 0 Å². The Morgan fingerprint density at radius 2 is 1.84 bits per heavy atom. The second-order valence-electron chi connectivity index (χ2n) is 8.86. The van der Waals surface area contributed by atoms with Gasteiger partial charge in [0.25, 0.3) is 5.91 Å². The standard InChI is InChI=1S/C22H25N2O7P/c1-7-8-5-4-6-9(25)11(8)16(26)12-10(7)17(27)14-15(24(2)3)18(28)13(21(23)30)19(29)22(14,31)20(12)32/h4-7,10,14-15,17,25,27,29,31H,32H2,1-3H3,(H2,23,30)/t7-,10+,14+,15-,17-,22+/m0/s1. The Balaban J connectivity index is 2.09. The van der Waals surface area contributed by atoms with Crippen molar-refractivity contribution in [2.24, 2.45) is 17.6 Å². The van der Waals surface area contributed by atoms with E-state index in [1.165, 1.54) is 11.0 Å². The van der Waals surface area contributed by atoms with Crippen molar-refractivity contribution in [2.45, 2.75) is 30.6 Å². The Hall–Kier alpha value is -2.58. The van der Waals surface area contributed by atoms with E-state index in [0.29, 0.717) is 5.56 Å². The summed E-state index contributed by atoms with van der Waals surface area (Å²) in [4.78, 5) is 40.0. The van der Waals surface area contributed by atoms with Crippen LogP contribution in [0, 0.1) is 11.8 Å². The van der Waals surface area contributed by atoms with Crippen LogP contribution in [0.5, 0.6) is 5.75 Å². The van der Waals surface area contributed by atoms with E-state index in [4.69, 9.17) is 5.73 Å². The number of phenols is 1. The number of nitrogens with two attached hydrogens (primary N) is 1. The normalized spacial score (nSPS) is 34.4. The minimum absolute atomic E-state index is 0.00461. The third-order valence-electron chi connectivity index (χ3n) is 7.08. The van der Waals surface area contributed by atoms with Gasteiger partial charge in [-0.2, -0.15) is 0 Å². The van der Waals surface area contributed by atoms with Gasteiger partial charge in [0, 0.05) is 17.4 Å². The van der Waals surface area contributed by atoms with E-state index in [1.54, 1.807) is 33.2 Å². The molecule has 1 aromatic carbocycles. The molecule has 170 valence electrons. The number of phenolic OH excluding ortho intramolecular Hbond substituents is 1. The fourth-order valence-electron chi connectivity index (χ4n) is 5.65. The Kier molecular flexibility index (Phi) is 5.10. The van der Waals surface area contributed by atoms with E-state index in [-0.39, 0.29) is 22.2 Å². The molecule has 0 heterocycles. The number of hydrogen-bond acceptors (Lipinski definition) is 8. The molecule has 0 saturated heterocycles. The summed E-state index contributed by atoms with van der Waals surface area (Å²) in [6, 6.07) is 3.45. The highest BCUT2D eigenvalue weighted by atomic mass is 31.0. The molecular weight excluding hydrogens is 435 g/mol. The SMILES string of the molecule is C[C@H]1c2cccc(O)c2C(=O)C2=C(P)[C@]3(O)C(O)=C(C(N)=O)C(=O)[C@@H](N(C)C)[C@@H]3[C@@H](O)[C@@H]21. The zero-order valence-corrected chi connectivity index (χ0v) is 18.9. The Morgan fingerprint density at radius 3 is 2.41 bits per heavy atom. The van der Waals surface area contributed by atoms with Crippen molar-refractivity contribution in [3.05, 3.63) is 51.5 Å². The highest BCUT2D eigenvalue weighted by Crippen LogP contribution is 2.58. The number of primary amides is 1. The van der Waals surface area contributed by atoms with E-state index < -0.39 is 64.3 Å². The predicted molar refractivity (Wildman–Crippen MR) is 117 cm³/mol. The van der Waals surface area contributed by atoms with Crippen molar-refractivity contribution in [3.8, 4) is 5.75 Å². The summed E-state index contributed by atoms with van der Waals surface area (Å²) >= 11 is 0. The van der Waals surface area contributed by atoms with Crippen molar-refractivity contribution < 1.29 is 34.8 Å². The molecular formula is C22H25N2O7P. The zero-order chi connectivity index (χ0) is 23.9. The summed E-state index contributed by atoms with van der Waals surface area (Å²) in [5, 5.41) is 44.5. The number of likely N-dealkylation sites (N-methyl/N-ethyl adjacent to an activating group) is 1. The Bertz CT molecular complexity index is 1140. The molecule has 1 aromatic rings. The lowest BCUT2D eigenvalue weighted by Gasteiger charge is -2.54. The number of Topliss-reactive ketones (excluding diaryl/α,β-unsaturated/α-hetero) is 2. The number of rotatable bonds is 2. The number of aromatic hydroxyl groups is 1. The molecule has 0 fully saturated rings. The van der Waals surface area contributed by atoms with Gasteiger partial charge in [0.05, 0.1) is 17.7 Å². The second kappa shape index (κ2) is 7.22. The van der Waals surface area contributed by atoms with Crippen LogP contribution in [0.25, 0.3) is 0 Å². The first-order chi connectivity index (χ1) is 14.9. The molecule has 9 nitrogen and oxygen atoms in total. The maximum absolute atomic E-state index is 13.5. The number of ketones is 2. The summed E-state index contributed by atoms with van der Waals surface area (Å²) in [5.74, 6) is -6.45. The van der Waals surface area contributed by atoms with Gasteiger partial charge < -0.3 is 26.2 Å². The van der Waals surface area contributed by atoms with Gasteiger partial charge in [0.15, 0.2) is 17.2 Å². The maximum Gasteiger partial charge on any atom is 0.255 e. The number of fused-ring (bicyclic) bond motifs is 3. The molecule has 3 aliphatic carbocycles. The molecule has 0 aliphatic heterocycles. The lowest BCUT2D eigenvalue weighted by molar-refractivity contribution is -0.144. The number of aliphatic hydroxyl groups is 3. The summed E-state index contributed by atoms with van der Waals surface area (Å²) < 4.78 is 0. The number of aliphatic hydroxyl groups excluding tert-OH is 2. The number of hydrogen-bond donors (Lipinski definition) is 5. The first-order valence-corrected chi connectivity index (χ1v) is 10.7. The van der Waals surface area contributed by atoms with Crippen LogP contribution in [-0.2, 0) is 9.59 Å². The maximum atomic E-state index is 13.5. The zero-order valence-electron chi connectivity index (χ0n) is 17.7. The fourth-order valence-corrected chi connectivity index (χ4v) is 6.30. The Morgan fingerprint density at radius 1 is 1.22 bits per heavy atom. The summed E-state index contributed by atoms with van der Waals surface area (Å²) in [7, 11) is 5.32. The molecule has 0 radical (unpaired) electrons. The van der Waals surface area contributed by atoms with Gasteiger partial charge in [0.1, 0.15) is 17.1 Å². The van der Waals surface area contributed by atoms with Crippen LogP contribution < -0.4 is 5.73 Å². The van der Waals surface area contributed by atoms with Crippen LogP contribution in [0.1, 0.15) is 28.8 Å². The van der Waals surface area contributed by atoms with E-state index in [0.717, 1.165) is 0 Å². The first kappa shape index (κ1) is 22.6. The van der Waals surface area contributed by atoms with E-state index in [9.17, 15) is 34.8 Å². The molecule has 4 rings (SSSR count). The van der Waals surface area contributed by atoms with Crippen LogP contribution in [0.2, 0.25) is 0 Å². The van der Waals surface area contributed by atoms with Crippen molar-refractivity contribution in [3.63, 3.8) is 0 Å². The molecule has 0 saturated carbocycles. The van der Waals surface area contributed by atoms with Crippen molar-refractivity contribution >= 4 is 26.7 Å². The molecule has 0 aromatic heterocycles. The van der Waals surface area contributed by atoms with Gasteiger partial charge in [0.2, 0.25) is 0 Å². The van der Waals surface area contributed by atoms with E-state index in [2.05, 4.69) is 9.24 Å². The van der Waals surface area contributed by atoms with Gasteiger partial charge >= 0.3 is 0 Å². The molecule has 10 heteroatoms. The van der Waals surface area contributed by atoms with Crippen LogP contribution in [-0.4, -0.2) is 74.6 Å². The van der Waals surface area contributed by atoms with E-state index >= 15 is 0 Å². The molecule has 3 aliphatic rings. The minimum Gasteiger partial charge on any atom is -0.508 e. The largest absolute Gasteiger partial charge is 0.508 e. The quantitative estimate of drug-likeness (QED) is 0.304. The predicted octanol–water partition coefficient (Wildman–Crippen LogP) is -0.0305. The van der Waals surface area contributed by atoms with Crippen molar-refractivity contribution in [1.82, 2.24) is 4.90 Å². The number of benzene rings is 1. The summed E-state index contributed by atoms with van der Waals surface area (Å²) in [6.07, 6.45) is -1.44. The number of nitrogens with zero attached hydrogens (tertiary/aromatic N) is 1. The van der Waals surface area contributed by atoms with Crippen LogP contribution in [0.15, 0.2) is 40.4 Å². The monoisotopic (exact) mass is 460 g/mol. The van der Waals surface area contributed by atoms with Gasteiger partial charge in [-0.3, -0.25) is 19.3 Å². The van der Waals surface area contributed by atoms with Crippen molar-refractivity contribution in [2.75, 3.05) is 14.1 Å². The average molecular weight is 460 g/mol. The van der Waals surface area contributed by atoms with Gasteiger partial charge in [-0.1, -0.05) is 19.1 Å². The molecule has 1 unspecified atom stereocenters. The molecule has 6 N–H and O–H groups in total. The fraction of sp³-hybridized carbons (Fsp3) is 0.409. The summed E-state index contributed by atoms with van der Waals surface area (Å²) in [6.45, 7) is 1.78. The van der Waals surface area contributed by atoms with Gasteiger partial charge in [-0.15, -0.1) is 9.24 Å².